The van der Waals surface area contributed by atoms with E-state index in [1.807, 2.05) is 30.3 Å². The van der Waals surface area contributed by atoms with Gasteiger partial charge in [-0.1, -0.05) is 36.4 Å². The first-order valence-corrected chi connectivity index (χ1v) is 10.2. The monoisotopic (exact) mass is 381 g/mol. The van der Waals surface area contributed by atoms with Crippen LogP contribution in [-0.4, -0.2) is 20.6 Å². The fourth-order valence-corrected chi connectivity index (χ4v) is 3.12. The maximum Gasteiger partial charge on any atom is 0.255 e. The molecule has 0 saturated carbocycles. The molecule has 0 aliphatic rings. The van der Waals surface area contributed by atoms with E-state index in [-0.39, 0.29) is 10.8 Å². The molecule has 1 amide bonds. The van der Waals surface area contributed by atoms with Gasteiger partial charge in [-0.2, -0.15) is 0 Å². The summed E-state index contributed by atoms with van der Waals surface area (Å²) in [7, 11) is -3.33. The lowest BCUT2D eigenvalue weighted by molar-refractivity contribution is 0.102. The maximum absolute atomic E-state index is 12.4. The molecule has 3 aromatic carbocycles. The largest absolute Gasteiger partial charge is 0.489 e. The minimum absolute atomic E-state index is 0.157. The fourth-order valence-electron chi connectivity index (χ4n) is 2.45. The number of carbonyl (C=O) groups excluding carboxylic acids is 1. The van der Waals surface area contributed by atoms with Crippen LogP contribution in [0.4, 0.5) is 5.69 Å². The second-order valence-electron chi connectivity index (χ2n) is 6.05. The van der Waals surface area contributed by atoms with Crippen molar-refractivity contribution in [3.63, 3.8) is 0 Å². The van der Waals surface area contributed by atoms with Crippen molar-refractivity contribution in [3.05, 3.63) is 90.0 Å². The van der Waals surface area contributed by atoms with E-state index >= 15 is 0 Å². The average Bonchev–Trinajstić information content (AvgIpc) is 2.67. The van der Waals surface area contributed by atoms with E-state index in [0.717, 1.165) is 11.8 Å². The van der Waals surface area contributed by atoms with E-state index in [4.69, 9.17) is 4.74 Å². The lowest BCUT2D eigenvalue weighted by Gasteiger charge is -2.09. The molecule has 0 fully saturated rings. The van der Waals surface area contributed by atoms with Crippen molar-refractivity contribution in [3.8, 4) is 5.75 Å². The normalized spacial score (nSPS) is 11.0. The lowest BCUT2D eigenvalue weighted by atomic mass is 10.2. The number of hydrogen-bond acceptors (Lipinski definition) is 4. The van der Waals surface area contributed by atoms with Crippen LogP contribution in [0.3, 0.4) is 0 Å². The number of hydrogen-bond donors (Lipinski definition) is 1. The summed E-state index contributed by atoms with van der Waals surface area (Å²) in [5.74, 6) is 0.338. The summed E-state index contributed by atoms with van der Waals surface area (Å²) in [6, 6.07) is 22.7. The molecule has 0 saturated heterocycles. The van der Waals surface area contributed by atoms with E-state index < -0.39 is 9.84 Å². The second kappa shape index (κ2) is 8.05. The number of anilines is 1. The van der Waals surface area contributed by atoms with Gasteiger partial charge in [-0.3, -0.25) is 4.79 Å². The van der Waals surface area contributed by atoms with Crippen LogP contribution in [0.25, 0.3) is 0 Å². The van der Waals surface area contributed by atoms with Gasteiger partial charge in [0.15, 0.2) is 9.84 Å². The number of sulfone groups is 1. The van der Waals surface area contributed by atoms with Crippen molar-refractivity contribution < 1.29 is 17.9 Å². The highest BCUT2D eigenvalue weighted by Gasteiger charge is 2.10. The summed E-state index contributed by atoms with van der Waals surface area (Å²) in [6.07, 6.45) is 1.13. The highest BCUT2D eigenvalue weighted by atomic mass is 32.2. The number of ether oxygens (including phenoxy) is 1. The minimum atomic E-state index is -3.33. The van der Waals surface area contributed by atoms with E-state index in [0.29, 0.717) is 23.6 Å². The van der Waals surface area contributed by atoms with Gasteiger partial charge < -0.3 is 10.1 Å². The molecule has 0 bridgehead atoms. The Morgan fingerprint density at radius 2 is 1.63 bits per heavy atom. The smallest absolute Gasteiger partial charge is 0.255 e. The molecule has 0 atom stereocenters. The third-order valence-corrected chi connectivity index (χ3v) is 5.00. The van der Waals surface area contributed by atoms with Crippen molar-refractivity contribution in [2.75, 3.05) is 11.6 Å². The molecular formula is C21H19NO4S. The van der Waals surface area contributed by atoms with Crippen molar-refractivity contribution in [2.24, 2.45) is 0 Å². The standard InChI is InChI=1S/C21H19NO4S/c1-27(24,25)20-9-5-8-18(14-20)22-21(23)17-10-12-19(13-11-17)26-15-16-6-3-2-4-7-16/h2-14H,15H2,1H3,(H,22,23). The van der Waals surface area contributed by atoms with Crippen LogP contribution in [-0.2, 0) is 16.4 Å². The van der Waals surface area contributed by atoms with Crippen molar-refractivity contribution >= 4 is 21.4 Å². The topological polar surface area (TPSA) is 72.5 Å². The number of nitrogens with one attached hydrogen (secondary N) is 1. The molecule has 6 heteroatoms. The molecule has 0 aromatic heterocycles. The van der Waals surface area contributed by atoms with Gasteiger partial charge in [0.1, 0.15) is 12.4 Å². The molecule has 27 heavy (non-hydrogen) atoms. The molecule has 3 rings (SSSR count). The average molecular weight is 381 g/mol. The number of amides is 1. The second-order valence-corrected chi connectivity index (χ2v) is 8.07. The van der Waals surface area contributed by atoms with Gasteiger partial charge in [0.05, 0.1) is 4.90 Å². The molecule has 0 heterocycles. The Kier molecular flexibility index (Phi) is 5.57. The van der Waals surface area contributed by atoms with Crippen LogP contribution in [0, 0.1) is 0 Å². The first kappa shape index (κ1) is 18.7. The predicted molar refractivity (Wildman–Crippen MR) is 105 cm³/mol. The fraction of sp³-hybridized carbons (Fsp3) is 0.0952. The molecule has 5 nitrogen and oxygen atoms in total. The Labute approximate surface area is 158 Å². The van der Waals surface area contributed by atoms with Gasteiger partial charge in [-0.15, -0.1) is 0 Å². The maximum atomic E-state index is 12.4. The summed E-state index contributed by atoms with van der Waals surface area (Å²) in [5, 5.41) is 2.70. The van der Waals surface area contributed by atoms with Gasteiger partial charge in [0, 0.05) is 17.5 Å². The third-order valence-electron chi connectivity index (χ3n) is 3.88. The third kappa shape index (κ3) is 5.18. The van der Waals surface area contributed by atoms with E-state index in [9.17, 15) is 13.2 Å². The van der Waals surface area contributed by atoms with Gasteiger partial charge in [-0.25, -0.2) is 8.42 Å². The Morgan fingerprint density at radius 3 is 2.30 bits per heavy atom. The Morgan fingerprint density at radius 1 is 0.926 bits per heavy atom. The Balaban J connectivity index is 1.64. The minimum Gasteiger partial charge on any atom is -0.489 e. The van der Waals surface area contributed by atoms with E-state index in [2.05, 4.69) is 5.32 Å². The van der Waals surface area contributed by atoms with Gasteiger partial charge in [0.2, 0.25) is 0 Å². The first-order valence-electron chi connectivity index (χ1n) is 8.30. The van der Waals surface area contributed by atoms with Crippen molar-refractivity contribution in [2.45, 2.75) is 11.5 Å². The molecule has 0 aliphatic carbocycles. The SMILES string of the molecule is CS(=O)(=O)c1cccc(NC(=O)c2ccc(OCc3ccccc3)cc2)c1. The molecule has 0 unspecified atom stereocenters. The van der Waals surface area contributed by atoms with Gasteiger partial charge in [-0.05, 0) is 48.0 Å². The van der Waals surface area contributed by atoms with Crippen molar-refractivity contribution in [1.29, 1.82) is 0 Å². The Bertz CT molecular complexity index is 1030. The Hall–Kier alpha value is -3.12. The van der Waals surface area contributed by atoms with Crippen LogP contribution in [0.1, 0.15) is 15.9 Å². The van der Waals surface area contributed by atoms with E-state index in [1.54, 1.807) is 36.4 Å². The number of carbonyl (C=O) groups is 1. The van der Waals surface area contributed by atoms with Gasteiger partial charge >= 0.3 is 0 Å². The summed E-state index contributed by atoms with van der Waals surface area (Å²) in [6.45, 7) is 0.449. The summed E-state index contributed by atoms with van der Waals surface area (Å²) in [5.41, 5.74) is 1.93. The highest BCUT2D eigenvalue weighted by Crippen LogP contribution is 2.18. The van der Waals surface area contributed by atoms with Crippen LogP contribution in [0.15, 0.2) is 83.8 Å². The van der Waals surface area contributed by atoms with Gasteiger partial charge in [0.25, 0.3) is 5.91 Å². The highest BCUT2D eigenvalue weighted by molar-refractivity contribution is 7.90. The zero-order valence-corrected chi connectivity index (χ0v) is 15.6. The number of rotatable bonds is 6. The molecule has 3 aromatic rings. The van der Waals surface area contributed by atoms with Crippen LogP contribution < -0.4 is 10.1 Å². The summed E-state index contributed by atoms with van der Waals surface area (Å²) >= 11 is 0. The van der Waals surface area contributed by atoms with Crippen LogP contribution >= 0.6 is 0 Å². The summed E-state index contributed by atoms with van der Waals surface area (Å²) < 4.78 is 28.9. The molecule has 0 radical (unpaired) electrons. The quantitative estimate of drug-likeness (QED) is 0.702. The molecule has 0 spiro atoms. The summed E-state index contributed by atoms with van der Waals surface area (Å²) in [4.78, 5) is 12.5. The predicted octanol–water partition coefficient (Wildman–Crippen LogP) is 3.92. The zero-order chi connectivity index (χ0) is 19.3. The zero-order valence-electron chi connectivity index (χ0n) is 14.8. The molecule has 138 valence electrons. The number of benzene rings is 3. The first-order chi connectivity index (χ1) is 12.9. The lowest BCUT2D eigenvalue weighted by Crippen LogP contribution is -2.12. The molecular weight excluding hydrogens is 362 g/mol. The molecule has 0 aliphatic heterocycles. The van der Waals surface area contributed by atoms with Crippen molar-refractivity contribution in [1.82, 2.24) is 0 Å². The van der Waals surface area contributed by atoms with Crippen LogP contribution in [0.5, 0.6) is 5.75 Å². The van der Waals surface area contributed by atoms with Crippen LogP contribution in [0.2, 0.25) is 0 Å². The van der Waals surface area contributed by atoms with E-state index in [1.165, 1.54) is 12.1 Å². The molecule has 1 N–H and O–H groups in total.